The van der Waals surface area contributed by atoms with Crippen molar-refractivity contribution in [3.63, 3.8) is 0 Å². The maximum Gasteiger partial charge on any atom is 0.0766 e. The summed E-state index contributed by atoms with van der Waals surface area (Å²) in [6.07, 6.45) is 3.84. The van der Waals surface area contributed by atoms with Crippen LogP contribution in [0.25, 0.3) is 0 Å². The second kappa shape index (κ2) is 6.25. The lowest BCUT2D eigenvalue weighted by atomic mass is 9.75. The smallest absolute Gasteiger partial charge is 0.0766 e. The molecule has 0 radical (unpaired) electrons. The molecule has 1 aliphatic rings. The number of nitrogens with one attached hydrogen (secondary N) is 1. The topological polar surface area (TPSA) is 32.3 Å². The molecule has 0 aliphatic heterocycles. The minimum atomic E-state index is -0.546. The number of benzene rings is 1. The van der Waals surface area contributed by atoms with Gasteiger partial charge in [0, 0.05) is 17.6 Å². The first-order valence-electron chi connectivity index (χ1n) is 7.28. The third-order valence-electron chi connectivity index (χ3n) is 4.52. The van der Waals surface area contributed by atoms with Crippen molar-refractivity contribution in [1.82, 2.24) is 5.32 Å². The number of halogens is 1. The molecule has 1 aromatic rings. The van der Waals surface area contributed by atoms with Crippen molar-refractivity contribution in [2.75, 3.05) is 6.54 Å². The molecule has 19 heavy (non-hydrogen) atoms. The summed E-state index contributed by atoms with van der Waals surface area (Å²) in [6, 6.07) is 8.63. The van der Waals surface area contributed by atoms with E-state index in [4.69, 9.17) is 11.6 Å². The molecule has 1 aromatic carbocycles. The zero-order valence-corrected chi connectivity index (χ0v) is 12.6. The number of rotatable bonds is 6. The summed E-state index contributed by atoms with van der Waals surface area (Å²) in [5.74, 6) is 0.572. The van der Waals surface area contributed by atoms with E-state index in [0.29, 0.717) is 18.5 Å². The van der Waals surface area contributed by atoms with Crippen LogP contribution in [-0.4, -0.2) is 23.3 Å². The molecule has 0 unspecified atom stereocenters. The summed E-state index contributed by atoms with van der Waals surface area (Å²) in [7, 11) is 0. The first kappa shape index (κ1) is 14.8. The standard InChI is InChI=1S/C16H24ClNO/c1-3-16(19,4-2)11-18-13-9-12(10-13)14-7-5-6-8-15(14)17/h5-8,12-13,18-19H,3-4,9-11H2,1-2H3. The highest BCUT2D eigenvalue weighted by Crippen LogP contribution is 2.40. The molecule has 2 nitrogen and oxygen atoms in total. The highest BCUT2D eigenvalue weighted by molar-refractivity contribution is 6.31. The predicted octanol–water partition coefficient (Wildman–Crippen LogP) is 3.73. The third-order valence-corrected chi connectivity index (χ3v) is 4.86. The minimum absolute atomic E-state index is 0.519. The first-order valence-corrected chi connectivity index (χ1v) is 7.66. The van der Waals surface area contributed by atoms with Crippen LogP contribution in [0, 0.1) is 0 Å². The fourth-order valence-corrected chi connectivity index (χ4v) is 2.97. The Morgan fingerprint density at radius 2 is 1.89 bits per heavy atom. The zero-order chi connectivity index (χ0) is 13.9. The molecule has 0 aromatic heterocycles. The van der Waals surface area contributed by atoms with Crippen LogP contribution in [0.15, 0.2) is 24.3 Å². The molecule has 1 aliphatic carbocycles. The maximum atomic E-state index is 10.2. The third kappa shape index (κ3) is 3.50. The van der Waals surface area contributed by atoms with Gasteiger partial charge < -0.3 is 10.4 Å². The van der Waals surface area contributed by atoms with Crippen molar-refractivity contribution < 1.29 is 5.11 Å². The van der Waals surface area contributed by atoms with Gasteiger partial charge in [0.1, 0.15) is 0 Å². The molecule has 0 atom stereocenters. The first-order chi connectivity index (χ1) is 9.08. The molecule has 1 fully saturated rings. The van der Waals surface area contributed by atoms with Crippen molar-refractivity contribution in [3.8, 4) is 0 Å². The van der Waals surface area contributed by atoms with E-state index in [1.54, 1.807) is 0 Å². The van der Waals surface area contributed by atoms with Crippen molar-refractivity contribution in [2.45, 2.75) is 57.1 Å². The van der Waals surface area contributed by atoms with E-state index in [2.05, 4.69) is 17.4 Å². The largest absolute Gasteiger partial charge is 0.389 e. The SMILES string of the molecule is CCC(O)(CC)CNC1CC(c2ccccc2Cl)C1. The number of hydrogen-bond acceptors (Lipinski definition) is 2. The van der Waals surface area contributed by atoms with E-state index in [-0.39, 0.29) is 0 Å². The fraction of sp³-hybridized carbons (Fsp3) is 0.625. The molecular formula is C16H24ClNO. The van der Waals surface area contributed by atoms with Crippen LogP contribution in [0.5, 0.6) is 0 Å². The van der Waals surface area contributed by atoms with Gasteiger partial charge in [0.15, 0.2) is 0 Å². The molecule has 2 rings (SSSR count). The van der Waals surface area contributed by atoms with Crippen LogP contribution in [0.3, 0.4) is 0 Å². The Balaban J connectivity index is 1.80. The second-order valence-electron chi connectivity index (χ2n) is 5.70. The van der Waals surface area contributed by atoms with Crippen LogP contribution in [0.1, 0.15) is 51.0 Å². The summed E-state index contributed by atoms with van der Waals surface area (Å²) in [4.78, 5) is 0. The highest BCUT2D eigenvalue weighted by atomic mass is 35.5. The number of hydrogen-bond donors (Lipinski definition) is 2. The fourth-order valence-electron chi connectivity index (χ4n) is 2.68. The van der Waals surface area contributed by atoms with E-state index in [9.17, 15) is 5.11 Å². The quantitative estimate of drug-likeness (QED) is 0.833. The summed E-state index contributed by atoms with van der Waals surface area (Å²) in [5, 5.41) is 14.6. The zero-order valence-electron chi connectivity index (χ0n) is 11.8. The molecular weight excluding hydrogens is 258 g/mol. The summed E-state index contributed by atoms with van der Waals surface area (Å²) < 4.78 is 0. The molecule has 106 valence electrons. The average Bonchev–Trinajstić information content (AvgIpc) is 2.38. The van der Waals surface area contributed by atoms with Crippen LogP contribution in [0.4, 0.5) is 0 Å². The Morgan fingerprint density at radius 1 is 1.26 bits per heavy atom. The molecule has 1 saturated carbocycles. The van der Waals surface area contributed by atoms with Gasteiger partial charge in [-0.15, -0.1) is 0 Å². The molecule has 0 amide bonds. The Hall–Kier alpha value is -0.570. The summed E-state index contributed by atoms with van der Waals surface area (Å²) >= 11 is 6.21. The Bertz CT molecular complexity index is 411. The van der Waals surface area contributed by atoms with E-state index >= 15 is 0 Å². The predicted molar refractivity (Wildman–Crippen MR) is 80.7 cm³/mol. The van der Waals surface area contributed by atoms with Gasteiger partial charge >= 0.3 is 0 Å². The molecule has 0 saturated heterocycles. The van der Waals surface area contributed by atoms with E-state index in [1.165, 1.54) is 5.56 Å². The van der Waals surface area contributed by atoms with E-state index in [1.807, 2.05) is 26.0 Å². The van der Waals surface area contributed by atoms with Crippen molar-refractivity contribution in [2.24, 2.45) is 0 Å². The van der Waals surface area contributed by atoms with Crippen LogP contribution in [-0.2, 0) is 0 Å². The van der Waals surface area contributed by atoms with Gasteiger partial charge in [0.25, 0.3) is 0 Å². The molecule has 0 bridgehead atoms. The highest BCUT2D eigenvalue weighted by Gasteiger charge is 2.33. The van der Waals surface area contributed by atoms with Gasteiger partial charge in [-0.2, -0.15) is 0 Å². The lowest BCUT2D eigenvalue weighted by Gasteiger charge is -2.39. The second-order valence-corrected chi connectivity index (χ2v) is 6.11. The van der Waals surface area contributed by atoms with Crippen LogP contribution >= 0.6 is 11.6 Å². The van der Waals surface area contributed by atoms with Crippen molar-refractivity contribution in [3.05, 3.63) is 34.9 Å². The summed E-state index contributed by atoms with van der Waals surface area (Å²) in [6.45, 7) is 4.77. The molecule has 0 heterocycles. The lowest BCUT2D eigenvalue weighted by Crippen LogP contribution is -2.48. The van der Waals surface area contributed by atoms with Crippen molar-refractivity contribution in [1.29, 1.82) is 0 Å². The van der Waals surface area contributed by atoms with Gasteiger partial charge in [-0.05, 0) is 43.2 Å². The monoisotopic (exact) mass is 281 g/mol. The molecule has 3 heteroatoms. The lowest BCUT2D eigenvalue weighted by molar-refractivity contribution is 0.0261. The van der Waals surface area contributed by atoms with Crippen molar-refractivity contribution >= 4 is 11.6 Å². The normalized spacial score (nSPS) is 23.2. The Kier molecular flexibility index (Phi) is 4.88. The molecule has 0 spiro atoms. The van der Waals surface area contributed by atoms with Gasteiger partial charge in [-0.3, -0.25) is 0 Å². The van der Waals surface area contributed by atoms with E-state index in [0.717, 1.165) is 30.7 Å². The van der Waals surface area contributed by atoms with Crippen LogP contribution in [0.2, 0.25) is 5.02 Å². The van der Waals surface area contributed by atoms with E-state index < -0.39 is 5.60 Å². The minimum Gasteiger partial charge on any atom is -0.389 e. The van der Waals surface area contributed by atoms with Gasteiger partial charge in [-0.1, -0.05) is 43.6 Å². The Labute approximate surface area is 121 Å². The van der Waals surface area contributed by atoms with Gasteiger partial charge in [0.2, 0.25) is 0 Å². The maximum absolute atomic E-state index is 10.2. The van der Waals surface area contributed by atoms with Crippen LogP contribution < -0.4 is 5.32 Å². The van der Waals surface area contributed by atoms with Gasteiger partial charge in [-0.25, -0.2) is 0 Å². The molecule has 2 N–H and O–H groups in total. The average molecular weight is 282 g/mol. The Morgan fingerprint density at radius 3 is 2.47 bits per heavy atom. The summed E-state index contributed by atoms with van der Waals surface area (Å²) in [5.41, 5.74) is 0.721. The van der Waals surface area contributed by atoms with Gasteiger partial charge in [0.05, 0.1) is 5.60 Å². The number of aliphatic hydroxyl groups is 1.